The highest BCUT2D eigenvalue weighted by molar-refractivity contribution is 6.99. The van der Waals surface area contributed by atoms with E-state index in [9.17, 15) is 9.59 Å². The molecule has 0 aliphatic carbocycles. The van der Waals surface area contributed by atoms with Gasteiger partial charge in [-0.1, -0.05) is 81.4 Å². The molecule has 0 spiro atoms. The Morgan fingerprint density at radius 3 is 1.71 bits per heavy atom. The van der Waals surface area contributed by atoms with Crippen molar-refractivity contribution < 1.29 is 18.8 Å². The summed E-state index contributed by atoms with van der Waals surface area (Å²) in [5.74, 6) is -0.677. The standard InChI is InChI=1S/C24H34N2O4Si/c1-23(2,3)30-22(28)26-20(21(25)27)17-29-31(24(4,5)6,18-13-9-7-10-14-18)19-15-11-8-12-16-19/h7-16,20H,17H2,1-6H3,(H2,25,27)(H,26,28)/t20-/m0/s1. The van der Waals surface area contributed by atoms with Crippen molar-refractivity contribution in [3.63, 3.8) is 0 Å². The van der Waals surface area contributed by atoms with Crippen LogP contribution in [0.1, 0.15) is 41.5 Å². The van der Waals surface area contributed by atoms with Crippen LogP contribution in [0.15, 0.2) is 60.7 Å². The zero-order chi connectivity index (χ0) is 23.3. The smallest absolute Gasteiger partial charge is 0.408 e. The Labute approximate surface area is 186 Å². The number of rotatable bonds is 7. The minimum absolute atomic E-state index is 0.0537. The van der Waals surface area contributed by atoms with Crippen LogP contribution in [0.2, 0.25) is 5.04 Å². The maximum absolute atomic E-state index is 12.2. The van der Waals surface area contributed by atoms with Crippen LogP contribution in [0.25, 0.3) is 0 Å². The monoisotopic (exact) mass is 442 g/mol. The number of primary amides is 1. The van der Waals surface area contributed by atoms with Gasteiger partial charge in [-0.15, -0.1) is 0 Å². The fraction of sp³-hybridized carbons (Fsp3) is 0.417. The van der Waals surface area contributed by atoms with E-state index in [0.717, 1.165) is 10.4 Å². The van der Waals surface area contributed by atoms with E-state index in [-0.39, 0.29) is 11.6 Å². The van der Waals surface area contributed by atoms with Crippen molar-refractivity contribution in [2.45, 2.75) is 58.2 Å². The van der Waals surface area contributed by atoms with E-state index in [0.29, 0.717) is 0 Å². The fourth-order valence-electron chi connectivity index (χ4n) is 3.61. The molecule has 0 aromatic heterocycles. The summed E-state index contributed by atoms with van der Waals surface area (Å²) in [4.78, 5) is 24.4. The molecule has 0 heterocycles. The van der Waals surface area contributed by atoms with Gasteiger partial charge in [0.2, 0.25) is 5.91 Å². The molecule has 0 aliphatic rings. The number of hydrogen-bond acceptors (Lipinski definition) is 4. The number of amides is 2. The van der Waals surface area contributed by atoms with E-state index >= 15 is 0 Å². The first kappa shape index (κ1) is 24.6. The molecule has 2 aromatic carbocycles. The van der Waals surface area contributed by atoms with Crippen LogP contribution in [0, 0.1) is 0 Å². The molecule has 0 radical (unpaired) electrons. The van der Waals surface area contributed by atoms with E-state index in [2.05, 4.69) is 50.4 Å². The van der Waals surface area contributed by atoms with Gasteiger partial charge in [0.05, 0.1) is 6.61 Å². The quantitative estimate of drug-likeness (QED) is 0.645. The Morgan fingerprint density at radius 1 is 0.903 bits per heavy atom. The summed E-state index contributed by atoms with van der Waals surface area (Å²) < 4.78 is 12.0. The van der Waals surface area contributed by atoms with Gasteiger partial charge in [-0.05, 0) is 36.2 Å². The lowest BCUT2D eigenvalue weighted by molar-refractivity contribution is -0.120. The molecule has 0 fully saturated rings. The molecule has 2 amide bonds. The Bertz CT molecular complexity index is 834. The first-order valence-corrected chi connectivity index (χ1v) is 12.3. The van der Waals surface area contributed by atoms with Gasteiger partial charge in [-0.25, -0.2) is 4.79 Å². The molecule has 7 heteroatoms. The van der Waals surface area contributed by atoms with Crippen molar-refractivity contribution in [2.24, 2.45) is 5.73 Å². The van der Waals surface area contributed by atoms with Crippen molar-refractivity contribution in [2.75, 3.05) is 6.61 Å². The molecular weight excluding hydrogens is 408 g/mol. The van der Waals surface area contributed by atoms with Crippen molar-refractivity contribution in [1.29, 1.82) is 0 Å². The number of nitrogens with two attached hydrogens (primary N) is 1. The second-order valence-corrected chi connectivity index (χ2v) is 13.9. The Balaban J connectivity index is 2.43. The highest BCUT2D eigenvalue weighted by Crippen LogP contribution is 2.36. The predicted molar refractivity (Wildman–Crippen MR) is 126 cm³/mol. The summed E-state index contributed by atoms with van der Waals surface area (Å²) in [6.07, 6.45) is -0.706. The van der Waals surface area contributed by atoms with Crippen LogP contribution in [-0.2, 0) is 14.0 Å². The van der Waals surface area contributed by atoms with Gasteiger partial charge < -0.3 is 20.2 Å². The maximum Gasteiger partial charge on any atom is 0.408 e. The van der Waals surface area contributed by atoms with E-state index in [1.54, 1.807) is 20.8 Å². The second kappa shape index (κ2) is 9.66. The molecule has 2 aromatic rings. The maximum atomic E-state index is 12.2. The molecule has 2 rings (SSSR count). The lowest BCUT2D eigenvalue weighted by atomic mass is 10.2. The lowest BCUT2D eigenvalue weighted by Crippen LogP contribution is -2.67. The van der Waals surface area contributed by atoms with Gasteiger partial charge in [0.15, 0.2) is 0 Å². The summed E-state index contributed by atoms with van der Waals surface area (Å²) >= 11 is 0. The van der Waals surface area contributed by atoms with Crippen LogP contribution in [0.3, 0.4) is 0 Å². The third kappa shape index (κ3) is 6.18. The highest BCUT2D eigenvalue weighted by Gasteiger charge is 2.50. The van der Waals surface area contributed by atoms with Gasteiger partial charge in [0.1, 0.15) is 11.6 Å². The zero-order valence-electron chi connectivity index (χ0n) is 19.3. The molecule has 0 aliphatic heterocycles. The Hall–Kier alpha value is -2.64. The van der Waals surface area contributed by atoms with Crippen LogP contribution in [0.5, 0.6) is 0 Å². The topological polar surface area (TPSA) is 90.7 Å². The van der Waals surface area contributed by atoms with E-state index in [1.807, 2.05) is 36.4 Å². The van der Waals surface area contributed by atoms with Crippen molar-refractivity contribution in [3.8, 4) is 0 Å². The van der Waals surface area contributed by atoms with Gasteiger partial charge in [-0.3, -0.25) is 4.79 Å². The molecular formula is C24H34N2O4Si. The highest BCUT2D eigenvalue weighted by atomic mass is 28.4. The Morgan fingerprint density at radius 2 is 1.35 bits per heavy atom. The minimum Gasteiger partial charge on any atom is -0.444 e. The summed E-state index contributed by atoms with van der Waals surface area (Å²) in [5, 5.41) is 4.46. The number of alkyl carbamates (subject to hydrolysis) is 1. The zero-order valence-corrected chi connectivity index (χ0v) is 20.3. The SMILES string of the molecule is CC(C)(C)OC(=O)N[C@@H](CO[Si](c1ccccc1)(c1ccccc1)C(C)(C)C)C(N)=O. The van der Waals surface area contributed by atoms with Crippen LogP contribution in [0.4, 0.5) is 4.79 Å². The van der Waals surface area contributed by atoms with Crippen molar-refractivity contribution in [1.82, 2.24) is 5.32 Å². The van der Waals surface area contributed by atoms with Crippen LogP contribution >= 0.6 is 0 Å². The number of carbonyl (C=O) groups is 2. The first-order valence-electron chi connectivity index (χ1n) is 10.4. The fourth-order valence-corrected chi connectivity index (χ4v) is 8.19. The van der Waals surface area contributed by atoms with Gasteiger partial charge in [0, 0.05) is 0 Å². The van der Waals surface area contributed by atoms with E-state index in [4.69, 9.17) is 14.9 Å². The Kier molecular flexibility index (Phi) is 7.67. The average molecular weight is 443 g/mol. The number of nitrogens with one attached hydrogen (secondary N) is 1. The summed E-state index contributed by atoms with van der Waals surface area (Å²) in [6, 6.07) is 19.1. The molecule has 0 saturated carbocycles. The van der Waals surface area contributed by atoms with Gasteiger partial charge >= 0.3 is 6.09 Å². The molecule has 0 saturated heterocycles. The number of ether oxygens (including phenoxy) is 1. The third-order valence-electron chi connectivity index (χ3n) is 4.92. The molecule has 3 N–H and O–H groups in total. The summed E-state index contributed by atoms with van der Waals surface area (Å²) in [6.45, 7) is 11.6. The van der Waals surface area contributed by atoms with Gasteiger partial charge in [0.25, 0.3) is 8.32 Å². The number of benzene rings is 2. The lowest BCUT2D eigenvalue weighted by Gasteiger charge is -2.43. The first-order chi connectivity index (χ1) is 14.4. The molecule has 0 bridgehead atoms. The normalized spacial score (nSPS) is 13.4. The summed E-state index contributed by atoms with van der Waals surface area (Å²) in [7, 11) is -2.86. The second-order valence-electron chi connectivity index (χ2n) is 9.58. The minimum atomic E-state index is -2.86. The molecule has 0 unspecified atom stereocenters. The average Bonchev–Trinajstić information content (AvgIpc) is 2.66. The molecule has 168 valence electrons. The van der Waals surface area contributed by atoms with Gasteiger partial charge in [-0.2, -0.15) is 0 Å². The largest absolute Gasteiger partial charge is 0.444 e. The van der Waals surface area contributed by atoms with Crippen LogP contribution in [-0.4, -0.2) is 38.6 Å². The molecule has 31 heavy (non-hydrogen) atoms. The van der Waals surface area contributed by atoms with Crippen molar-refractivity contribution >= 4 is 30.7 Å². The molecule has 6 nitrogen and oxygen atoms in total. The predicted octanol–water partition coefficient (Wildman–Crippen LogP) is 2.94. The third-order valence-corrected chi connectivity index (χ3v) is 9.92. The number of carbonyl (C=O) groups excluding carboxylic acids is 2. The van der Waals surface area contributed by atoms with Crippen LogP contribution < -0.4 is 21.4 Å². The number of hydrogen-bond donors (Lipinski definition) is 2. The molecule has 1 atom stereocenters. The van der Waals surface area contributed by atoms with E-state index in [1.165, 1.54) is 0 Å². The van der Waals surface area contributed by atoms with E-state index < -0.39 is 32.0 Å². The van der Waals surface area contributed by atoms with Crippen molar-refractivity contribution in [3.05, 3.63) is 60.7 Å². The summed E-state index contributed by atoms with van der Waals surface area (Å²) in [5.41, 5.74) is 4.90.